The molecule has 2 aliphatic heterocycles. The smallest absolute Gasteiger partial charge is 0.318 e. The molecule has 2 atom stereocenters. The summed E-state index contributed by atoms with van der Waals surface area (Å²) in [5.74, 6) is -1.51. The van der Waals surface area contributed by atoms with Gasteiger partial charge in [0.25, 0.3) is 0 Å². The van der Waals surface area contributed by atoms with Crippen LogP contribution in [0.4, 0.5) is 8.78 Å². The quantitative estimate of drug-likeness (QED) is 0.588. The summed E-state index contributed by atoms with van der Waals surface area (Å²) >= 11 is 0. The van der Waals surface area contributed by atoms with Gasteiger partial charge in [0.15, 0.2) is 11.6 Å². The minimum absolute atomic E-state index is 0.189. The molecular weight excluding hydrogens is 326 g/mol. The van der Waals surface area contributed by atoms with Crippen molar-refractivity contribution in [1.29, 1.82) is 0 Å². The van der Waals surface area contributed by atoms with Crippen LogP contribution in [0.25, 0.3) is 22.4 Å². The molecule has 0 saturated carbocycles. The molecule has 0 aliphatic carbocycles. The summed E-state index contributed by atoms with van der Waals surface area (Å²) in [6, 6.07) is 9.80. The molecule has 5 rings (SSSR count). The molecule has 6 heteroatoms. The zero-order chi connectivity index (χ0) is 17.3. The highest BCUT2D eigenvalue weighted by molar-refractivity contribution is 5.91. The van der Waals surface area contributed by atoms with Crippen LogP contribution in [0.2, 0.25) is 0 Å². The molecule has 0 radical (unpaired) electrons. The fourth-order valence-electron chi connectivity index (χ4n) is 4.20. The summed E-state index contributed by atoms with van der Waals surface area (Å²) in [5, 5.41) is 0. The number of halogens is 2. The first kappa shape index (κ1) is 14.6. The van der Waals surface area contributed by atoms with Gasteiger partial charge in [0.1, 0.15) is 17.3 Å². The van der Waals surface area contributed by atoms with E-state index in [1.807, 2.05) is 31.2 Å². The molecule has 126 valence electrons. The molecule has 0 amide bonds. The SMILES string of the molecule is CC1CC2(Cn3c(nc4cc(F)c(F)cc43)-c3ccccc32)C(=O)O1. The van der Waals surface area contributed by atoms with Crippen molar-refractivity contribution in [3.63, 3.8) is 0 Å². The van der Waals surface area contributed by atoms with Gasteiger partial charge in [-0.15, -0.1) is 0 Å². The minimum atomic E-state index is -0.931. The molecule has 1 aromatic heterocycles. The maximum atomic E-state index is 13.8. The van der Waals surface area contributed by atoms with Crippen molar-refractivity contribution in [3.8, 4) is 11.4 Å². The van der Waals surface area contributed by atoms with Crippen LogP contribution >= 0.6 is 0 Å². The van der Waals surface area contributed by atoms with Crippen molar-refractivity contribution in [2.45, 2.75) is 31.4 Å². The average molecular weight is 340 g/mol. The summed E-state index contributed by atoms with van der Waals surface area (Å²) in [6.45, 7) is 2.18. The Labute approximate surface area is 142 Å². The Kier molecular flexibility index (Phi) is 2.71. The fourth-order valence-corrected chi connectivity index (χ4v) is 4.20. The number of imidazole rings is 1. The van der Waals surface area contributed by atoms with E-state index in [1.54, 1.807) is 4.57 Å². The summed E-state index contributed by atoms with van der Waals surface area (Å²) in [5.41, 5.74) is 1.71. The summed E-state index contributed by atoms with van der Waals surface area (Å²) in [6.07, 6.45) is 0.358. The van der Waals surface area contributed by atoms with E-state index in [0.717, 1.165) is 23.3 Å². The van der Waals surface area contributed by atoms with Gasteiger partial charge >= 0.3 is 5.97 Å². The normalized spacial score (nSPS) is 24.4. The molecule has 4 nitrogen and oxygen atoms in total. The highest BCUT2D eigenvalue weighted by Crippen LogP contribution is 2.47. The number of carbonyl (C=O) groups is 1. The number of cyclic esters (lactones) is 1. The zero-order valence-electron chi connectivity index (χ0n) is 13.4. The van der Waals surface area contributed by atoms with Gasteiger partial charge in [0.05, 0.1) is 11.0 Å². The molecule has 1 fully saturated rings. The van der Waals surface area contributed by atoms with Crippen LogP contribution in [0.5, 0.6) is 0 Å². The molecule has 25 heavy (non-hydrogen) atoms. The Balaban J connectivity index is 1.85. The van der Waals surface area contributed by atoms with Crippen LogP contribution in [0.1, 0.15) is 18.9 Å². The number of nitrogens with zero attached hydrogens (tertiary/aromatic N) is 2. The second-order valence-corrected chi connectivity index (χ2v) is 6.82. The van der Waals surface area contributed by atoms with Crippen LogP contribution in [0.3, 0.4) is 0 Å². The lowest BCUT2D eigenvalue weighted by atomic mass is 9.73. The van der Waals surface area contributed by atoms with Gasteiger partial charge in [-0.1, -0.05) is 24.3 Å². The van der Waals surface area contributed by atoms with E-state index >= 15 is 0 Å². The number of rotatable bonds is 0. The number of ether oxygens (including phenoxy) is 1. The molecule has 3 aromatic rings. The Morgan fingerprint density at radius 2 is 2.00 bits per heavy atom. The molecule has 2 aliphatic rings. The molecular formula is C19H14F2N2O2. The van der Waals surface area contributed by atoms with Crippen molar-refractivity contribution in [2.24, 2.45) is 0 Å². The maximum Gasteiger partial charge on any atom is 0.318 e. The number of hydrogen-bond donors (Lipinski definition) is 0. The molecule has 0 bridgehead atoms. The first-order valence-electron chi connectivity index (χ1n) is 8.16. The number of benzene rings is 2. The second kappa shape index (κ2) is 4.65. The Bertz CT molecular complexity index is 1060. The van der Waals surface area contributed by atoms with E-state index < -0.39 is 17.0 Å². The van der Waals surface area contributed by atoms with Crippen molar-refractivity contribution in [1.82, 2.24) is 9.55 Å². The number of hydrogen-bond acceptors (Lipinski definition) is 3. The minimum Gasteiger partial charge on any atom is -0.462 e. The van der Waals surface area contributed by atoms with E-state index in [9.17, 15) is 13.6 Å². The predicted molar refractivity (Wildman–Crippen MR) is 86.9 cm³/mol. The Morgan fingerprint density at radius 3 is 2.76 bits per heavy atom. The van der Waals surface area contributed by atoms with Crippen LogP contribution in [0, 0.1) is 11.6 Å². The lowest BCUT2D eigenvalue weighted by Crippen LogP contribution is -2.39. The summed E-state index contributed by atoms with van der Waals surface area (Å²) in [4.78, 5) is 17.2. The largest absolute Gasteiger partial charge is 0.462 e. The zero-order valence-corrected chi connectivity index (χ0v) is 13.4. The van der Waals surface area contributed by atoms with E-state index in [4.69, 9.17) is 4.74 Å². The lowest BCUT2D eigenvalue weighted by molar-refractivity contribution is -0.145. The van der Waals surface area contributed by atoms with Crippen LogP contribution in [0.15, 0.2) is 36.4 Å². The van der Waals surface area contributed by atoms with Crippen molar-refractivity contribution >= 4 is 17.0 Å². The van der Waals surface area contributed by atoms with Crippen LogP contribution < -0.4 is 0 Å². The molecule has 0 N–H and O–H groups in total. The van der Waals surface area contributed by atoms with Gasteiger partial charge in [0.2, 0.25) is 0 Å². The molecule has 2 unspecified atom stereocenters. The highest BCUT2D eigenvalue weighted by Gasteiger charge is 2.53. The third kappa shape index (κ3) is 1.79. The van der Waals surface area contributed by atoms with Gasteiger partial charge in [-0.3, -0.25) is 4.79 Å². The molecule has 1 saturated heterocycles. The Hall–Kier alpha value is -2.76. The standard InChI is InChI=1S/C19H14F2N2O2/c1-10-8-19(18(24)25-10)9-23-16-7-14(21)13(20)6-15(16)22-17(23)11-4-2-3-5-12(11)19/h2-7,10H,8-9H2,1H3. The van der Waals surface area contributed by atoms with Gasteiger partial charge in [-0.2, -0.15) is 0 Å². The van der Waals surface area contributed by atoms with E-state index in [2.05, 4.69) is 4.98 Å². The number of fused-ring (bicyclic) bond motifs is 6. The van der Waals surface area contributed by atoms with Crippen molar-refractivity contribution < 1.29 is 18.3 Å². The third-order valence-electron chi connectivity index (χ3n) is 5.24. The topological polar surface area (TPSA) is 44.1 Å². The highest BCUT2D eigenvalue weighted by atomic mass is 19.2. The van der Waals surface area contributed by atoms with Gasteiger partial charge in [0, 0.05) is 30.7 Å². The van der Waals surface area contributed by atoms with Crippen molar-refractivity contribution in [2.75, 3.05) is 0 Å². The van der Waals surface area contributed by atoms with E-state index in [-0.39, 0.29) is 12.1 Å². The molecule has 1 spiro atoms. The van der Waals surface area contributed by atoms with Crippen LogP contribution in [-0.4, -0.2) is 21.6 Å². The fraction of sp³-hybridized carbons (Fsp3) is 0.263. The van der Waals surface area contributed by atoms with Gasteiger partial charge in [-0.25, -0.2) is 13.8 Å². The van der Waals surface area contributed by atoms with Crippen molar-refractivity contribution in [3.05, 3.63) is 53.6 Å². The second-order valence-electron chi connectivity index (χ2n) is 6.82. The monoisotopic (exact) mass is 340 g/mol. The predicted octanol–water partition coefficient (Wildman–Crippen LogP) is 3.57. The van der Waals surface area contributed by atoms with Crippen LogP contribution in [-0.2, 0) is 21.5 Å². The number of carbonyl (C=O) groups excluding carboxylic acids is 1. The molecule has 3 heterocycles. The van der Waals surface area contributed by atoms with E-state index in [1.165, 1.54) is 0 Å². The van der Waals surface area contributed by atoms with Gasteiger partial charge < -0.3 is 9.30 Å². The Morgan fingerprint density at radius 1 is 1.24 bits per heavy atom. The lowest BCUT2D eigenvalue weighted by Gasteiger charge is -2.33. The first-order chi connectivity index (χ1) is 12.0. The van der Waals surface area contributed by atoms with Gasteiger partial charge in [-0.05, 0) is 12.5 Å². The average Bonchev–Trinajstić information content (AvgIpc) is 3.06. The first-order valence-corrected chi connectivity index (χ1v) is 8.16. The third-order valence-corrected chi connectivity index (χ3v) is 5.24. The number of esters is 1. The maximum absolute atomic E-state index is 13.8. The summed E-state index contributed by atoms with van der Waals surface area (Å²) < 4.78 is 34.7. The summed E-state index contributed by atoms with van der Waals surface area (Å²) in [7, 11) is 0. The number of aromatic nitrogens is 2. The molecule has 2 aromatic carbocycles. The van der Waals surface area contributed by atoms with E-state index in [0.29, 0.717) is 29.8 Å².